The van der Waals surface area contributed by atoms with Crippen molar-refractivity contribution >= 4 is 0 Å². The minimum absolute atomic E-state index is 0.845. The molecular formula is C14H29N. The molecule has 90 valence electrons. The van der Waals surface area contributed by atoms with Gasteiger partial charge < -0.3 is 5.32 Å². The van der Waals surface area contributed by atoms with Gasteiger partial charge in [0, 0.05) is 6.04 Å². The summed E-state index contributed by atoms with van der Waals surface area (Å²) in [4.78, 5) is 0. The van der Waals surface area contributed by atoms with Crippen molar-refractivity contribution in [3.63, 3.8) is 0 Å². The molecule has 1 atom stereocenters. The van der Waals surface area contributed by atoms with Crippen LogP contribution in [0.4, 0.5) is 0 Å². The first kappa shape index (κ1) is 13.0. The first-order chi connectivity index (χ1) is 7.24. The quantitative estimate of drug-likeness (QED) is 0.569. The zero-order valence-electron chi connectivity index (χ0n) is 10.9. The summed E-state index contributed by atoms with van der Waals surface area (Å²) in [5.74, 6) is 1.91. The van der Waals surface area contributed by atoms with Gasteiger partial charge in [0.15, 0.2) is 0 Å². The lowest BCUT2D eigenvalue weighted by Gasteiger charge is -2.18. The summed E-state index contributed by atoms with van der Waals surface area (Å²) in [7, 11) is 0. The van der Waals surface area contributed by atoms with Crippen LogP contribution in [0.3, 0.4) is 0 Å². The monoisotopic (exact) mass is 211 g/mol. The molecule has 0 amide bonds. The van der Waals surface area contributed by atoms with E-state index in [2.05, 4.69) is 26.1 Å². The molecule has 15 heavy (non-hydrogen) atoms. The largest absolute Gasteiger partial charge is 0.314 e. The molecule has 0 aromatic rings. The maximum Gasteiger partial charge on any atom is 0.00953 e. The second-order valence-corrected chi connectivity index (χ2v) is 5.58. The second-order valence-electron chi connectivity index (χ2n) is 5.58. The van der Waals surface area contributed by atoms with E-state index in [9.17, 15) is 0 Å². The molecule has 0 aliphatic heterocycles. The molecule has 0 bridgehead atoms. The van der Waals surface area contributed by atoms with Gasteiger partial charge in [0.1, 0.15) is 0 Å². The van der Waals surface area contributed by atoms with Crippen LogP contribution in [-0.2, 0) is 0 Å². The van der Waals surface area contributed by atoms with Crippen LogP contribution in [0.2, 0.25) is 0 Å². The lowest BCUT2D eigenvalue weighted by atomic mass is 10.0. The van der Waals surface area contributed by atoms with Crippen molar-refractivity contribution in [1.82, 2.24) is 5.32 Å². The van der Waals surface area contributed by atoms with E-state index in [1.807, 2.05) is 0 Å². The number of hydrogen-bond acceptors (Lipinski definition) is 1. The van der Waals surface area contributed by atoms with Gasteiger partial charge in [-0.1, -0.05) is 40.0 Å². The average Bonchev–Trinajstić information content (AvgIpc) is 3.00. The molecule has 1 aliphatic rings. The van der Waals surface area contributed by atoms with E-state index < -0.39 is 0 Å². The van der Waals surface area contributed by atoms with Crippen molar-refractivity contribution in [2.75, 3.05) is 6.54 Å². The molecule has 1 unspecified atom stereocenters. The van der Waals surface area contributed by atoms with Crippen molar-refractivity contribution in [2.45, 2.75) is 71.8 Å². The molecule has 1 fully saturated rings. The maximum atomic E-state index is 3.72. The van der Waals surface area contributed by atoms with E-state index in [0.717, 1.165) is 17.9 Å². The number of nitrogens with one attached hydrogen (secondary N) is 1. The second kappa shape index (κ2) is 7.27. The lowest BCUT2D eigenvalue weighted by Crippen LogP contribution is -2.31. The van der Waals surface area contributed by atoms with Gasteiger partial charge in [-0.15, -0.1) is 0 Å². The van der Waals surface area contributed by atoms with E-state index in [1.54, 1.807) is 0 Å². The molecule has 0 heterocycles. The highest BCUT2D eigenvalue weighted by atomic mass is 14.9. The van der Waals surface area contributed by atoms with Gasteiger partial charge in [0.25, 0.3) is 0 Å². The predicted molar refractivity (Wildman–Crippen MR) is 68.1 cm³/mol. The van der Waals surface area contributed by atoms with Gasteiger partial charge in [-0.25, -0.2) is 0 Å². The van der Waals surface area contributed by atoms with Crippen LogP contribution in [-0.4, -0.2) is 12.6 Å². The highest BCUT2D eigenvalue weighted by Gasteiger charge is 2.29. The van der Waals surface area contributed by atoms with Crippen molar-refractivity contribution in [2.24, 2.45) is 11.8 Å². The maximum absolute atomic E-state index is 3.72. The Morgan fingerprint density at radius 3 is 2.33 bits per heavy atom. The average molecular weight is 211 g/mol. The summed E-state index contributed by atoms with van der Waals surface area (Å²) in [6, 6.07) is 0.845. The summed E-state index contributed by atoms with van der Waals surface area (Å²) in [6.07, 6.45) is 9.90. The minimum Gasteiger partial charge on any atom is -0.314 e. The minimum atomic E-state index is 0.845. The molecule has 1 N–H and O–H groups in total. The Morgan fingerprint density at radius 1 is 1.13 bits per heavy atom. The highest BCUT2D eigenvalue weighted by Crippen LogP contribution is 2.34. The van der Waals surface area contributed by atoms with Gasteiger partial charge in [-0.05, 0) is 44.1 Å². The third-order valence-electron chi connectivity index (χ3n) is 3.39. The molecular weight excluding hydrogens is 182 g/mol. The van der Waals surface area contributed by atoms with Gasteiger partial charge in [0.05, 0.1) is 0 Å². The third-order valence-corrected chi connectivity index (χ3v) is 3.39. The molecule has 0 radical (unpaired) electrons. The van der Waals surface area contributed by atoms with E-state index in [1.165, 1.54) is 51.5 Å². The summed E-state index contributed by atoms with van der Waals surface area (Å²) in [6.45, 7) is 8.13. The van der Waals surface area contributed by atoms with Crippen LogP contribution in [0, 0.1) is 11.8 Å². The SMILES string of the molecule is CCCNC(CCCCC(C)C)C1CC1. The van der Waals surface area contributed by atoms with E-state index >= 15 is 0 Å². The van der Waals surface area contributed by atoms with Gasteiger partial charge in [0.2, 0.25) is 0 Å². The van der Waals surface area contributed by atoms with Gasteiger partial charge >= 0.3 is 0 Å². The Labute approximate surface area is 96.0 Å². The smallest absolute Gasteiger partial charge is 0.00953 e. The van der Waals surface area contributed by atoms with E-state index in [4.69, 9.17) is 0 Å². The first-order valence-electron chi connectivity index (χ1n) is 6.97. The molecule has 0 saturated heterocycles. The molecule has 1 heteroatoms. The lowest BCUT2D eigenvalue weighted by molar-refractivity contribution is 0.408. The summed E-state index contributed by atoms with van der Waals surface area (Å²) in [5, 5.41) is 3.72. The van der Waals surface area contributed by atoms with E-state index in [0.29, 0.717) is 0 Å². The van der Waals surface area contributed by atoms with Crippen LogP contribution in [0.5, 0.6) is 0 Å². The summed E-state index contributed by atoms with van der Waals surface area (Å²) < 4.78 is 0. The fourth-order valence-corrected chi connectivity index (χ4v) is 2.25. The molecule has 1 aliphatic carbocycles. The molecule has 0 aromatic carbocycles. The van der Waals surface area contributed by atoms with Gasteiger partial charge in [-0.2, -0.15) is 0 Å². The molecule has 0 spiro atoms. The molecule has 1 rings (SSSR count). The number of hydrogen-bond donors (Lipinski definition) is 1. The van der Waals surface area contributed by atoms with Crippen molar-refractivity contribution in [1.29, 1.82) is 0 Å². The first-order valence-corrected chi connectivity index (χ1v) is 6.97. The third kappa shape index (κ3) is 6.19. The molecule has 1 nitrogen and oxygen atoms in total. The summed E-state index contributed by atoms with van der Waals surface area (Å²) >= 11 is 0. The Hall–Kier alpha value is -0.0400. The Kier molecular flexibility index (Phi) is 6.31. The fourth-order valence-electron chi connectivity index (χ4n) is 2.25. The standard InChI is InChI=1S/C14H29N/c1-4-11-15-14(13-9-10-13)8-6-5-7-12(2)3/h12-15H,4-11H2,1-3H3. The van der Waals surface area contributed by atoms with Crippen molar-refractivity contribution in [3.05, 3.63) is 0 Å². The van der Waals surface area contributed by atoms with Crippen molar-refractivity contribution < 1.29 is 0 Å². The Morgan fingerprint density at radius 2 is 1.80 bits per heavy atom. The zero-order chi connectivity index (χ0) is 11.1. The molecule has 0 aromatic heterocycles. The topological polar surface area (TPSA) is 12.0 Å². The normalized spacial score (nSPS) is 18.4. The fraction of sp³-hybridized carbons (Fsp3) is 1.00. The zero-order valence-corrected chi connectivity index (χ0v) is 10.9. The van der Waals surface area contributed by atoms with Crippen LogP contribution >= 0.6 is 0 Å². The van der Waals surface area contributed by atoms with Crippen LogP contribution in [0.15, 0.2) is 0 Å². The van der Waals surface area contributed by atoms with Crippen LogP contribution < -0.4 is 5.32 Å². The highest BCUT2D eigenvalue weighted by molar-refractivity contribution is 4.86. The molecule has 1 saturated carbocycles. The predicted octanol–water partition coefficient (Wildman–Crippen LogP) is 3.98. The number of rotatable bonds is 9. The van der Waals surface area contributed by atoms with Crippen LogP contribution in [0.1, 0.15) is 65.7 Å². The summed E-state index contributed by atoms with van der Waals surface area (Å²) in [5.41, 5.74) is 0. The Bertz CT molecular complexity index is 149. The number of unbranched alkanes of at least 4 members (excludes halogenated alkanes) is 1. The van der Waals surface area contributed by atoms with Crippen LogP contribution in [0.25, 0.3) is 0 Å². The van der Waals surface area contributed by atoms with Crippen molar-refractivity contribution in [3.8, 4) is 0 Å². The van der Waals surface area contributed by atoms with Gasteiger partial charge in [-0.3, -0.25) is 0 Å². The Balaban J connectivity index is 2.03. The van der Waals surface area contributed by atoms with E-state index in [-0.39, 0.29) is 0 Å².